The summed E-state index contributed by atoms with van der Waals surface area (Å²) in [5, 5.41) is 0. The maximum atomic E-state index is 5.39. The molecule has 0 aromatic carbocycles. The lowest BCUT2D eigenvalue weighted by Crippen LogP contribution is -2.23. The van der Waals surface area contributed by atoms with Crippen LogP contribution in [0.25, 0.3) is 11.4 Å². The smallest absolute Gasteiger partial charge is 0.163 e. The molecule has 20 heavy (non-hydrogen) atoms. The van der Waals surface area contributed by atoms with Crippen LogP contribution in [-0.2, 0) is 4.74 Å². The van der Waals surface area contributed by atoms with E-state index in [2.05, 4.69) is 35.8 Å². The summed E-state index contributed by atoms with van der Waals surface area (Å²) in [7, 11) is 1.76. The zero-order valence-electron chi connectivity index (χ0n) is 11.2. The molecular weight excluding hydrogens is 320 g/mol. The second-order valence-electron chi connectivity index (χ2n) is 4.72. The minimum atomic E-state index is 0.293. The maximum absolute atomic E-state index is 5.39. The molecule has 5 nitrogen and oxygen atoms in total. The molecule has 1 aliphatic rings. The van der Waals surface area contributed by atoms with Crippen LogP contribution in [0, 0.1) is 0 Å². The summed E-state index contributed by atoms with van der Waals surface area (Å²) in [4.78, 5) is 15.3. The summed E-state index contributed by atoms with van der Waals surface area (Å²) < 4.78 is 6.31. The number of aromatic nitrogens is 3. The summed E-state index contributed by atoms with van der Waals surface area (Å²) in [6, 6.07) is 3.90. The molecule has 3 heterocycles. The van der Waals surface area contributed by atoms with Crippen LogP contribution >= 0.6 is 15.9 Å². The van der Waals surface area contributed by atoms with Gasteiger partial charge in [-0.05, 0) is 34.5 Å². The van der Waals surface area contributed by atoms with Crippen molar-refractivity contribution in [2.75, 3.05) is 25.1 Å². The Labute approximate surface area is 126 Å². The van der Waals surface area contributed by atoms with Crippen molar-refractivity contribution in [1.82, 2.24) is 15.0 Å². The van der Waals surface area contributed by atoms with Crippen LogP contribution in [0.2, 0.25) is 0 Å². The van der Waals surface area contributed by atoms with Gasteiger partial charge in [0.05, 0.1) is 6.10 Å². The van der Waals surface area contributed by atoms with Crippen molar-refractivity contribution in [2.24, 2.45) is 0 Å². The van der Waals surface area contributed by atoms with E-state index in [9.17, 15) is 0 Å². The highest BCUT2D eigenvalue weighted by Gasteiger charge is 2.23. The molecule has 0 amide bonds. The SMILES string of the molecule is CO[C@H]1CCN(c2ccnc(-c3cncc(Br)c3)n2)C1. The summed E-state index contributed by atoms with van der Waals surface area (Å²) in [5.41, 5.74) is 0.906. The third kappa shape index (κ3) is 2.81. The van der Waals surface area contributed by atoms with Gasteiger partial charge in [-0.15, -0.1) is 0 Å². The molecule has 1 fully saturated rings. The molecule has 0 aliphatic carbocycles. The average Bonchev–Trinajstić information content (AvgIpc) is 2.96. The molecule has 0 spiro atoms. The van der Waals surface area contributed by atoms with Crippen molar-refractivity contribution >= 4 is 21.7 Å². The number of anilines is 1. The molecule has 2 aromatic heterocycles. The number of rotatable bonds is 3. The van der Waals surface area contributed by atoms with E-state index >= 15 is 0 Å². The van der Waals surface area contributed by atoms with E-state index in [0.717, 1.165) is 35.4 Å². The molecule has 1 aliphatic heterocycles. The first-order chi connectivity index (χ1) is 9.76. The fraction of sp³-hybridized carbons (Fsp3) is 0.357. The summed E-state index contributed by atoms with van der Waals surface area (Å²) in [6.45, 7) is 1.84. The van der Waals surface area contributed by atoms with Crippen LogP contribution in [0.4, 0.5) is 5.82 Å². The Morgan fingerprint density at radius 2 is 2.30 bits per heavy atom. The largest absolute Gasteiger partial charge is 0.380 e. The second-order valence-corrected chi connectivity index (χ2v) is 5.64. The highest BCUT2D eigenvalue weighted by atomic mass is 79.9. The van der Waals surface area contributed by atoms with Crippen LogP contribution < -0.4 is 4.90 Å². The predicted molar refractivity (Wildman–Crippen MR) is 80.6 cm³/mol. The quantitative estimate of drug-likeness (QED) is 0.863. The highest BCUT2D eigenvalue weighted by molar-refractivity contribution is 9.10. The van der Waals surface area contributed by atoms with Crippen molar-refractivity contribution < 1.29 is 4.74 Å². The van der Waals surface area contributed by atoms with Gasteiger partial charge in [0, 0.05) is 48.8 Å². The monoisotopic (exact) mass is 334 g/mol. The lowest BCUT2D eigenvalue weighted by Gasteiger charge is -2.17. The average molecular weight is 335 g/mol. The van der Waals surface area contributed by atoms with Crippen LogP contribution in [0.5, 0.6) is 0 Å². The van der Waals surface area contributed by atoms with Crippen LogP contribution in [0.3, 0.4) is 0 Å². The molecule has 6 heteroatoms. The first-order valence-corrected chi connectivity index (χ1v) is 7.27. The number of nitrogens with zero attached hydrogens (tertiary/aromatic N) is 4. The van der Waals surface area contributed by atoms with Crippen molar-refractivity contribution in [3.05, 3.63) is 35.2 Å². The van der Waals surface area contributed by atoms with Crippen LogP contribution in [0.15, 0.2) is 35.2 Å². The molecule has 0 radical (unpaired) electrons. The number of methoxy groups -OCH3 is 1. The van der Waals surface area contributed by atoms with Crippen LogP contribution in [0.1, 0.15) is 6.42 Å². The second kappa shape index (κ2) is 5.85. The van der Waals surface area contributed by atoms with Crippen molar-refractivity contribution in [3.8, 4) is 11.4 Å². The van der Waals surface area contributed by atoms with E-state index in [0.29, 0.717) is 11.9 Å². The van der Waals surface area contributed by atoms with Crippen LogP contribution in [-0.4, -0.2) is 41.3 Å². The zero-order chi connectivity index (χ0) is 13.9. The van der Waals surface area contributed by atoms with Gasteiger partial charge in [-0.25, -0.2) is 9.97 Å². The Morgan fingerprint density at radius 1 is 1.40 bits per heavy atom. The molecule has 2 aromatic rings. The van der Waals surface area contributed by atoms with Crippen molar-refractivity contribution in [2.45, 2.75) is 12.5 Å². The first-order valence-electron chi connectivity index (χ1n) is 6.48. The first kappa shape index (κ1) is 13.5. The van der Waals surface area contributed by atoms with Crippen molar-refractivity contribution in [1.29, 1.82) is 0 Å². The van der Waals surface area contributed by atoms with Gasteiger partial charge in [0.1, 0.15) is 5.82 Å². The molecule has 0 saturated carbocycles. The standard InChI is InChI=1S/C14H15BrN4O/c1-20-12-3-5-19(9-12)13-2-4-17-14(18-13)10-6-11(15)8-16-7-10/h2,4,6-8,12H,3,5,9H2,1H3/t12-/m0/s1. The minimum Gasteiger partial charge on any atom is -0.380 e. The molecular formula is C14H15BrN4O. The Hall–Kier alpha value is -1.53. The Morgan fingerprint density at radius 3 is 3.05 bits per heavy atom. The number of pyridine rings is 1. The summed E-state index contributed by atoms with van der Waals surface area (Å²) in [6.07, 6.45) is 6.64. The van der Waals surface area contributed by atoms with Gasteiger partial charge in [-0.1, -0.05) is 0 Å². The zero-order valence-corrected chi connectivity index (χ0v) is 12.7. The topological polar surface area (TPSA) is 51.1 Å². The molecule has 0 bridgehead atoms. The van der Waals surface area contributed by atoms with Gasteiger partial charge < -0.3 is 9.64 Å². The molecule has 104 valence electrons. The molecule has 1 saturated heterocycles. The minimum absolute atomic E-state index is 0.293. The van der Waals surface area contributed by atoms with Gasteiger partial charge in [0.25, 0.3) is 0 Å². The number of hydrogen-bond acceptors (Lipinski definition) is 5. The van der Waals surface area contributed by atoms with Gasteiger partial charge in [0.2, 0.25) is 0 Å². The van der Waals surface area contributed by atoms with Gasteiger partial charge in [-0.2, -0.15) is 0 Å². The van der Waals surface area contributed by atoms with Crippen molar-refractivity contribution in [3.63, 3.8) is 0 Å². The number of hydrogen-bond donors (Lipinski definition) is 0. The van der Waals surface area contributed by atoms with E-state index in [1.165, 1.54) is 0 Å². The van der Waals surface area contributed by atoms with E-state index in [1.807, 2.05) is 12.1 Å². The predicted octanol–water partition coefficient (Wildman–Crippen LogP) is 2.53. The Balaban J connectivity index is 1.87. The molecule has 0 N–H and O–H groups in total. The third-order valence-electron chi connectivity index (χ3n) is 3.41. The van der Waals surface area contributed by atoms with E-state index in [4.69, 9.17) is 4.74 Å². The third-order valence-corrected chi connectivity index (χ3v) is 3.84. The number of ether oxygens (including phenoxy) is 1. The molecule has 0 unspecified atom stereocenters. The number of halogens is 1. The normalized spacial score (nSPS) is 18.5. The van der Waals surface area contributed by atoms with Gasteiger partial charge in [0.15, 0.2) is 5.82 Å². The summed E-state index contributed by atoms with van der Waals surface area (Å²) >= 11 is 3.42. The lowest BCUT2D eigenvalue weighted by atomic mass is 10.2. The highest BCUT2D eigenvalue weighted by Crippen LogP contribution is 2.23. The van der Waals surface area contributed by atoms with E-state index in [-0.39, 0.29) is 0 Å². The van der Waals surface area contributed by atoms with Gasteiger partial charge in [-0.3, -0.25) is 4.98 Å². The van der Waals surface area contributed by atoms with Gasteiger partial charge >= 0.3 is 0 Å². The lowest BCUT2D eigenvalue weighted by molar-refractivity contribution is 0.121. The fourth-order valence-corrected chi connectivity index (χ4v) is 2.69. The molecule has 1 atom stereocenters. The maximum Gasteiger partial charge on any atom is 0.163 e. The molecule has 3 rings (SSSR count). The van der Waals surface area contributed by atoms with E-state index in [1.54, 1.807) is 25.7 Å². The fourth-order valence-electron chi connectivity index (χ4n) is 2.33. The summed E-state index contributed by atoms with van der Waals surface area (Å²) in [5.74, 6) is 1.63. The Bertz CT molecular complexity index is 607. The Kier molecular flexibility index (Phi) is 3.93. The van der Waals surface area contributed by atoms with E-state index < -0.39 is 0 Å².